The Bertz CT molecular complexity index is 287. The molecule has 90 valence electrons. The van der Waals surface area contributed by atoms with Gasteiger partial charge in [0, 0.05) is 6.54 Å². The Morgan fingerprint density at radius 2 is 2.07 bits per heavy atom. The molecule has 1 atom stereocenters. The fourth-order valence-corrected chi connectivity index (χ4v) is 1.99. The number of carbonyl (C=O) groups is 1. The van der Waals surface area contributed by atoms with E-state index in [-0.39, 0.29) is 6.54 Å². The van der Waals surface area contributed by atoms with Crippen LogP contribution in [0, 0.1) is 0 Å². The summed E-state index contributed by atoms with van der Waals surface area (Å²) in [4.78, 5) is 10.1. The summed E-state index contributed by atoms with van der Waals surface area (Å²) in [6, 6.07) is 0. The predicted octanol–water partition coefficient (Wildman–Crippen LogP) is -0.458. The first-order valence-electron chi connectivity index (χ1n) is 4.74. The van der Waals surface area contributed by atoms with Gasteiger partial charge in [-0.25, -0.2) is 13.1 Å². The second-order valence-electron chi connectivity index (χ2n) is 3.25. The summed E-state index contributed by atoms with van der Waals surface area (Å²) in [7, 11) is -3.58. The predicted molar refractivity (Wildman–Crippen MR) is 55.0 cm³/mol. The number of aliphatic carboxylic acids is 1. The molecule has 1 unspecified atom stereocenters. The van der Waals surface area contributed by atoms with Crippen LogP contribution in [0.2, 0.25) is 0 Å². The van der Waals surface area contributed by atoms with Crippen LogP contribution in [0.25, 0.3) is 0 Å². The molecule has 0 aromatic heterocycles. The van der Waals surface area contributed by atoms with E-state index >= 15 is 0 Å². The molecule has 7 heteroatoms. The quantitative estimate of drug-likeness (QED) is 0.532. The van der Waals surface area contributed by atoms with Crippen LogP contribution in [-0.4, -0.2) is 43.0 Å². The zero-order valence-electron chi connectivity index (χ0n) is 8.64. The van der Waals surface area contributed by atoms with Crippen LogP contribution in [0.5, 0.6) is 0 Å². The summed E-state index contributed by atoms with van der Waals surface area (Å²) in [5.74, 6) is -1.62. The number of nitrogens with one attached hydrogen (secondary N) is 1. The zero-order valence-corrected chi connectivity index (χ0v) is 9.46. The molecule has 0 heterocycles. The molecule has 0 aliphatic carbocycles. The molecule has 15 heavy (non-hydrogen) atoms. The maximum atomic E-state index is 11.2. The monoisotopic (exact) mass is 239 g/mol. The van der Waals surface area contributed by atoms with Crippen molar-refractivity contribution in [3.63, 3.8) is 0 Å². The molecular weight excluding hydrogens is 222 g/mol. The summed E-state index contributed by atoms with van der Waals surface area (Å²) in [5, 5.41) is 17.5. The van der Waals surface area contributed by atoms with Crippen molar-refractivity contribution in [2.24, 2.45) is 0 Å². The summed E-state index contributed by atoms with van der Waals surface area (Å²) < 4.78 is 24.5. The lowest BCUT2D eigenvalue weighted by atomic mass is 10.2. The third kappa shape index (κ3) is 8.34. The van der Waals surface area contributed by atoms with E-state index in [0.29, 0.717) is 6.42 Å². The van der Waals surface area contributed by atoms with Gasteiger partial charge in [-0.15, -0.1) is 0 Å². The number of sulfonamides is 1. The fourth-order valence-electron chi connectivity index (χ4n) is 0.952. The highest BCUT2D eigenvalue weighted by atomic mass is 32.2. The van der Waals surface area contributed by atoms with Crippen molar-refractivity contribution in [2.45, 2.75) is 32.3 Å². The molecule has 0 spiro atoms. The highest BCUT2D eigenvalue weighted by Gasteiger charge is 2.14. The maximum Gasteiger partial charge on any atom is 0.304 e. The number of aliphatic hydroxyl groups excluding tert-OH is 1. The Hall–Kier alpha value is -0.660. The lowest BCUT2D eigenvalue weighted by molar-refractivity contribution is -0.136. The van der Waals surface area contributed by atoms with E-state index in [1.165, 1.54) is 0 Å². The summed E-state index contributed by atoms with van der Waals surface area (Å²) in [6.45, 7) is 1.82. The number of hydrogen-bond acceptors (Lipinski definition) is 4. The third-order valence-electron chi connectivity index (χ3n) is 1.75. The summed E-state index contributed by atoms with van der Waals surface area (Å²) >= 11 is 0. The van der Waals surface area contributed by atoms with Crippen molar-refractivity contribution in [1.29, 1.82) is 0 Å². The Morgan fingerprint density at radius 3 is 2.53 bits per heavy atom. The van der Waals surface area contributed by atoms with Crippen molar-refractivity contribution in [1.82, 2.24) is 4.72 Å². The third-order valence-corrected chi connectivity index (χ3v) is 3.09. The zero-order chi connectivity index (χ0) is 11.9. The highest BCUT2D eigenvalue weighted by Crippen LogP contribution is 1.96. The molecule has 0 radical (unpaired) electrons. The molecule has 0 aromatic rings. The van der Waals surface area contributed by atoms with Crippen LogP contribution in [0.4, 0.5) is 0 Å². The minimum absolute atomic E-state index is 0.0597. The largest absolute Gasteiger partial charge is 0.481 e. The maximum absolute atomic E-state index is 11.2. The highest BCUT2D eigenvalue weighted by molar-refractivity contribution is 7.89. The van der Waals surface area contributed by atoms with Crippen LogP contribution in [0.3, 0.4) is 0 Å². The average molecular weight is 239 g/mol. The molecule has 0 aliphatic heterocycles. The average Bonchev–Trinajstić information content (AvgIpc) is 2.13. The van der Waals surface area contributed by atoms with Gasteiger partial charge in [-0.05, 0) is 6.42 Å². The topological polar surface area (TPSA) is 104 Å². The van der Waals surface area contributed by atoms with Gasteiger partial charge in [0.05, 0.1) is 18.3 Å². The number of rotatable bonds is 8. The van der Waals surface area contributed by atoms with Crippen molar-refractivity contribution in [3.05, 3.63) is 0 Å². The van der Waals surface area contributed by atoms with Crippen LogP contribution in [0.15, 0.2) is 0 Å². The minimum atomic E-state index is -3.58. The van der Waals surface area contributed by atoms with Gasteiger partial charge in [-0.1, -0.05) is 13.3 Å². The molecule has 6 nitrogen and oxygen atoms in total. The van der Waals surface area contributed by atoms with E-state index in [9.17, 15) is 18.3 Å². The second-order valence-corrected chi connectivity index (χ2v) is 5.18. The molecule has 0 rings (SSSR count). The Kier molecular flexibility index (Phi) is 6.46. The van der Waals surface area contributed by atoms with Gasteiger partial charge < -0.3 is 10.2 Å². The second kappa shape index (κ2) is 6.76. The van der Waals surface area contributed by atoms with E-state index in [1.807, 2.05) is 6.92 Å². The molecule has 3 N–H and O–H groups in total. The lowest BCUT2D eigenvalue weighted by Crippen LogP contribution is -2.34. The lowest BCUT2D eigenvalue weighted by Gasteiger charge is -2.10. The smallest absolute Gasteiger partial charge is 0.304 e. The van der Waals surface area contributed by atoms with Crippen LogP contribution < -0.4 is 4.72 Å². The first kappa shape index (κ1) is 14.3. The molecule has 0 amide bonds. The Labute approximate surface area is 89.4 Å². The summed E-state index contributed by atoms with van der Waals surface area (Å²) in [5.41, 5.74) is 0. The van der Waals surface area contributed by atoms with Crippen LogP contribution >= 0.6 is 0 Å². The normalized spacial score (nSPS) is 13.7. The molecule has 0 saturated carbocycles. The van der Waals surface area contributed by atoms with Gasteiger partial charge in [0.15, 0.2) is 0 Å². The van der Waals surface area contributed by atoms with Crippen molar-refractivity contribution >= 4 is 16.0 Å². The molecule has 0 bridgehead atoms. The first-order valence-corrected chi connectivity index (χ1v) is 6.40. The van der Waals surface area contributed by atoms with Gasteiger partial charge >= 0.3 is 5.97 Å². The molecule has 0 aliphatic rings. The van der Waals surface area contributed by atoms with E-state index in [4.69, 9.17) is 5.11 Å². The SMILES string of the molecule is CCCC(O)CNS(=O)(=O)CCC(=O)O. The van der Waals surface area contributed by atoms with E-state index in [0.717, 1.165) is 6.42 Å². The van der Waals surface area contributed by atoms with Crippen LogP contribution in [-0.2, 0) is 14.8 Å². The van der Waals surface area contributed by atoms with Gasteiger partial charge in [-0.2, -0.15) is 0 Å². The first-order chi connectivity index (χ1) is 6.87. The van der Waals surface area contributed by atoms with Gasteiger partial charge in [0.2, 0.25) is 10.0 Å². The number of carboxylic acids is 1. The Morgan fingerprint density at radius 1 is 1.47 bits per heavy atom. The standard InChI is InChI=1S/C8H17NO5S/c1-2-3-7(10)6-9-15(13,14)5-4-8(11)12/h7,9-10H,2-6H2,1H3,(H,11,12). The van der Waals surface area contributed by atoms with Crippen molar-refractivity contribution < 1.29 is 23.4 Å². The Balaban J connectivity index is 3.88. The van der Waals surface area contributed by atoms with Crippen molar-refractivity contribution in [3.8, 4) is 0 Å². The molecule has 0 aromatic carbocycles. The molecular formula is C8H17NO5S. The molecule has 0 saturated heterocycles. The number of carboxylic acid groups (broad SMARTS) is 1. The fraction of sp³-hybridized carbons (Fsp3) is 0.875. The molecule has 0 fully saturated rings. The van der Waals surface area contributed by atoms with E-state index < -0.39 is 34.3 Å². The van der Waals surface area contributed by atoms with Crippen LogP contribution in [0.1, 0.15) is 26.2 Å². The minimum Gasteiger partial charge on any atom is -0.481 e. The van der Waals surface area contributed by atoms with Crippen molar-refractivity contribution in [2.75, 3.05) is 12.3 Å². The number of hydrogen-bond donors (Lipinski definition) is 3. The number of aliphatic hydroxyl groups is 1. The van der Waals surface area contributed by atoms with E-state index in [2.05, 4.69) is 4.72 Å². The van der Waals surface area contributed by atoms with E-state index in [1.54, 1.807) is 0 Å². The summed E-state index contributed by atoms with van der Waals surface area (Å²) in [6.07, 6.45) is 0.133. The van der Waals surface area contributed by atoms with Gasteiger partial charge in [0.1, 0.15) is 0 Å². The van der Waals surface area contributed by atoms with Gasteiger partial charge in [-0.3, -0.25) is 4.79 Å². The van der Waals surface area contributed by atoms with Gasteiger partial charge in [0.25, 0.3) is 0 Å².